The van der Waals surface area contributed by atoms with Gasteiger partial charge in [0.25, 0.3) is 0 Å². The van der Waals surface area contributed by atoms with Crippen molar-refractivity contribution < 1.29 is 9.59 Å². The first kappa shape index (κ1) is 20.5. The Morgan fingerprint density at radius 1 is 0.900 bits per heavy atom. The van der Waals surface area contributed by atoms with E-state index in [1.54, 1.807) is 12.1 Å². The molecule has 5 nitrogen and oxygen atoms in total. The fraction of sp³-hybridized carbons (Fsp3) is 0.333. The van der Waals surface area contributed by atoms with Gasteiger partial charge in [-0.15, -0.1) is 0 Å². The number of aromatic amines is 1. The van der Waals surface area contributed by atoms with Gasteiger partial charge in [-0.2, -0.15) is 0 Å². The van der Waals surface area contributed by atoms with Crippen LogP contribution < -0.4 is 0 Å². The number of hydrogen-bond donors (Lipinski definition) is 1. The zero-order valence-electron chi connectivity index (χ0n) is 16.9. The van der Waals surface area contributed by atoms with Crippen LogP contribution in [0.4, 0.5) is 0 Å². The van der Waals surface area contributed by atoms with Gasteiger partial charge in [-0.3, -0.25) is 9.59 Å². The molecule has 0 spiro atoms. The van der Waals surface area contributed by atoms with E-state index in [1.807, 2.05) is 40.3 Å². The van der Waals surface area contributed by atoms with Crippen molar-refractivity contribution in [2.75, 3.05) is 26.2 Å². The number of para-hydroxylation sites is 1. The molecule has 1 aliphatic heterocycles. The summed E-state index contributed by atoms with van der Waals surface area (Å²) in [7, 11) is 0. The van der Waals surface area contributed by atoms with Crippen LogP contribution in [0.5, 0.6) is 0 Å². The van der Waals surface area contributed by atoms with E-state index in [-0.39, 0.29) is 11.8 Å². The Kier molecular flexibility index (Phi) is 6.38. The molecule has 1 fully saturated rings. The van der Waals surface area contributed by atoms with Crippen molar-refractivity contribution in [3.05, 3.63) is 70.9 Å². The summed E-state index contributed by atoms with van der Waals surface area (Å²) in [4.78, 5) is 32.1. The van der Waals surface area contributed by atoms with E-state index in [0.717, 1.165) is 23.9 Å². The van der Waals surface area contributed by atoms with Gasteiger partial charge in [-0.1, -0.05) is 41.9 Å². The van der Waals surface area contributed by atoms with Crippen LogP contribution in [0.3, 0.4) is 0 Å². The number of nitrogens with one attached hydrogen (secondary N) is 1. The molecule has 156 valence electrons. The fourth-order valence-electron chi connectivity index (χ4n) is 4.02. The molecule has 2 aromatic carbocycles. The fourth-order valence-corrected chi connectivity index (χ4v) is 4.15. The minimum atomic E-state index is 0.101. The van der Waals surface area contributed by atoms with Gasteiger partial charge >= 0.3 is 0 Å². The standard InChI is InChI=1S/C24H26ClN3O2/c25-20-10-8-18(9-11-20)16-24(30)28-14-12-27(13-15-28)23(29)7-3-4-19-17-26-22-6-2-1-5-21(19)22/h1-2,5-6,8-11,17,26H,3-4,7,12-16H2. The number of rotatable bonds is 6. The number of H-pyrrole nitrogens is 1. The number of carbonyl (C=O) groups is 2. The van der Waals surface area contributed by atoms with E-state index < -0.39 is 0 Å². The maximum atomic E-state index is 12.6. The molecule has 2 amide bonds. The monoisotopic (exact) mass is 423 g/mol. The highest BCUT2D eigenvalue weighted by Gasteiger charge is 2.23. The maximum absolute atomic E-state index is 12.6. The first-order valence-corrected chi connectivity index (χ1v) is 10.8. The smallest absolute Gasteiger partial charge is 0.227 e. The van der Waals surface area contributed by atoms with Crippen molar-refractivity contribution in [3.8, 4) is 0 Å². The van der Waals surface area contributed by atoms with Gasteiger partial charge in [0.05, 0.1) is 6.42 Å². The van der Waals surface area contributed by atoms with Gasteiger partial charge in [-0.05, 0) is 42.2 Å². The van der Waals surface area contributed by atoms with Crippen LogP contribution in [0.1, 0.15) is 24.0 Å². The topological polar surface area (TPSA) is 56.4 Å². The number of halogens is 1. The largest absolute Gasteiger partial charge is 0.361 e. The lowest BCUT2D eigenvalue weighted by atomic mass is 10.1. The average molecular weight is 424 g/mol. The summed E-state index contributed by atoms with van der Waals surface area (Å²) in [6, 6.07) is 15.6. The van der Waals surface area contributed by atoms with Crippen molar-refractivity contribution >= 4 is 34.3 Å². The van der Waals surface area contributed by atoms with E-state index in [9.17, 15) is 9.59 Å². The van der Waals surface area contributed by atoms with Crippen molar-refractivity contribution in [3.63, 3.8) is 0 Å². The van der Waals surface area contributed by atoms with E-state index in [1.165, 1.54) is 10.9 Å². The third kappa shape index (κ3) is 4.85. The van der Waals surface area contributed by atoms with Crippen LogP contribution in [0.15, 0.2) is 54.7 Å². The lowest BCUT2D eigenvalue weighted by Crippen LogP contribution is -2.51. The first-order chi connectivity index (χ1) is 14.6. The predicted octanol–water partition coefficient (Wildman–Crippen LogP) is 4.06. The van der Waals surface area contributed by atoms with Crippen molar-refractivity contribution in [2.24, 2.45) is 0 Å². The Bertz CT molecular complexity index is 1020. The number of hydrogen-bond acceptors (Lipinski definition) is 2. The summed E-state index contributed by atoms with van der Waals surface area (Å²) in [5, 5.41) is 1.90. The van der Waals surface area contributed by atoms with Gasteiger partial charge in [0, 0.05) is 54.7 Å². The lowest BCUT2D eigenvalue weighted by Gasteiger charge is -2.35. The van der Waals surface area contributed by atoms with Crippen LogP contribution in [-0.2, 0) is 22.4 Å². The van der Waals surface area contributed by atoms with Gasteiger partial charge in [0.15, 0.2) is 0 Å². The molecular formula is C24H26ClN3O2. The summed E-state index contributed by atoms with van der Waals surface area (Å²) >= 11 is 5.90. The third-order valence-electron chi connectivity index (χ3n) is 5.77. The maximum Gasteiger partial charge on any atom is 0.227 e. The normalized spacial score (nSPS) is 14.3. The zero-order valence-corrected chi connectivity index (χ0v) is 17.7. The number of aromatic nitrogens is 1. The Labute approximate surface area is 181 Å². The molecule has 0 aliphatic carbocycles. The Balaban J connectivity index is 1.21. The van der Waals surface area contributed by atoms with Gasteiger partial charge in [0.1, 0.15) is 0 Å². The van der Waals surface area contributed by atoms with Crippen LogP contribution in [-0.4, -0.2) is 52.8 Å². The molecule has 1 aliphatic rings. The Hall–Kier alpha value is -2.79. The molecule has 1 N–H and O–H groups in total. The summed E-state index contributed by atoms with van der Waals surface area (Å²) in [6.07, 6.45) is 4.67. The molecule has 0 atom stereocenters. The molecule has 0 bridgehead atoms. The zero-order chi connectivity index (χ0) is 20.9. The van der Waals surface area contributed by atoms with Crippen LogP contribution in [0, 0.1) is 0 Å². The highest BCUT2D eigenvalue weighted by molar-refractivity contribution is 6.30. The molecule has 4 rings (SSSR count). The molecule has 0 radical (unpaired) electrons. The third-order valence-corrected chi connectivity index (χ3v) is 6.02. The quantitative estimate of drug-likeness (QED) is 0.650. The van der Waals surface area contributed by atoms with Gasteiger partial charge in [-0.25, -0.2) is 0 Å². The summed E-state index contributed by atoms with van der Waals surface area (Å²) in [5.74, 6) is 0.281. The number of aryl methyl sites for hydroxylation is 1. The van der Waals surface area contributed by atoms with E-state index >= 15 is 0 Å². The Morgan fingerprint density at radius 2 is 1.57 bits per heavy atom. The summed E-state index contributed by atoms with van der Waals surface area (Å²) in [5.41, 5.74) is 3.36. The molecule has 2 heterocycles. The SMILES string of the molecule is O=C(CCCc1c[nH]c2ccccc12)N1CCN(C(=O)Cc2ccc(Cl)cc2)CC1. The van der Waals surface area contributed by atoms with Gasteiger partial charge < -0.3 is 14.8 Å². The van der Waals surface area contributed by atoms with Crippen molar-refractivity contribution in [2.45, 2.75) is 25.7 Å². The number of fused-ring (bicyclic) bond motifs is 1. The Morgan fingerprint density at radius 3 is 2.30 bits per heavy atom. The average Bonchev–Trinajstić information content (AvgIpc) is 3.18. The van der Waals surface area contributed by atoms with Crippen molar-refractivity contribution in [1.82, 2.24) is 14.8 Å². The van der Waals surface area contributed by atoms with Crippen LogP contribution in [0.25, 0.3) is 10.9 Å². The highest BCUT2D eigenvalue weighted by Crippen LogP contribution is 2.20. The summed E-state index contributed by atoms with van der Waals surface area (Å²) < 4.78 is 0. The second-order valence-electron chi connectivity index (χ2n) is 7.78. The van der Waals surface area contributed by atoms with E-state index in [0.29, 0.717) is 44.0 Å². The molecule has 0 unspecified atom stereocenters. The number of benzene rings is 2. The minimum absolute atomic E-state index is 0.101. The molecule has 1 aromatic heterocycles. The lowest BCUT2D eigenvalue weighted by molar-refractivity contribution is -0.139. The number of nitrogens with zero attached hydrogens (tertiary/aromatic N) is 2. The van der Waals surface area contributed by atoms with Crippen molar-refractivity contribution in [1.29, 1.82) is 0 Å². The first-order valence-electron chi connectivity index (χ1n) is 10.4. The van der Waals surface area contributed by atoms with Gasteiger partial charge in [0.2, 0.25) is 11.8 Å². The second kappa shape index (κ2) is 9.35. The second-order valence-corrected chi connectivity index (χ2v) is 8.21. The molecule has 3 aromatic rings. The van der Waals surface area contributed by atoms with E-state index in [4.69, 9.17) is 11.6 Å². The molecule has 0 saturated carbocycles. The molecule has 1 saturated heterocycles. The number of piperazine rings is 1. The molecule has 30 heavy (non-hydrogen) atoms. The number of amides is 2. The van der Waals surface area contributed by atoms with Crippen LogP contribution >= 0.6 is 11.6 Å². The highest BCUT2D eigenvalue weighted by atomic mass is 35.5. The number of carbonyl (C=O) groups excluding carboxylic acids is 2. The molecular weight excluding hydrogens is 398 g/mol. The molecule has 6 heteroatoms. The summed E-state index contributed by atoms with van der Waals surface area (Å²) in [6.45, 7) is 2.41. The predicted molar refractivity (Wildman–Crippen MR) is 120 cm³/mol. The van der Waals surface area contributed by atoms with E-state index in [2.05, 4.69) is 17.1 Å². The van der Waals surface area contributed by atoms with Crippen LogP contribution in [0.2, 0.25) is 5.02 Å². The minimum Gasteiger partial charge on any atom is -0.361 e.